The molecule has 3 aliphatic heterocycles. The summed E-state index contributed by atoms with van der Waals surface area (Å²) in [5.74, 6) is -0.704. The van der Waals surface area contributed by atoms with Gasteiger partial charge in [-0.05, 0) is 74.8 Å². The third-order valence-electron chi connectivity index (χ3n) is 7.02. The van der Waals surface area contributed by atoms with Crippen LogP contribution in [0, 0.1) is 11.7 Å². The number of carboxylic acids is 1. The number of fused-ring (bicyclic) bond motifs is 3. The number of nitrogens with zero attached hydrogens (tertiary/aromatic N) is 2. The first-order valence-electron chi connectivity index (χ1n) is 9.96. The van der Waals surface area contributed by atoms with Crippen LogP contribution in [0.2, 0.25) is 0 Å². The highest BCUT2D eigenvalue weighted by molar-refractivity contribution is 5.88. The summed E-state index contributed by atoms with van der Waals surface area (Å²) in [4.78, 5) is 16.3. The van der Waals surface area contributed by atoms with Crippen molar-refractivity contribution in [3.8, 4) is 0 Å². The van der Waals surface area contributed by atoms with Gasteiger partial charge in [-0.3, -0.25) is 4.90 Å². The van der Waals surface area contributed by atoms with Crippen molar-refractivity contribution < 1.29 is 14.3 Å². The minimum atomic E-state index is -1.05. The summed E-state index contributed by atoms with van der Waals surface area (Å²) in [7, 11) is 2.26. The zero-order valence-electron chi connectivity index (χ0n) is 15.7. The average molecular weight is 360 g/mol. The molecule has 3 aliphatic rings. The highest BCUT2D eigenvalue weighted by atomic mass is 19.1. The Morgan fingerprint density at radius 2 is 1.96 bits per heavy atom. The maximum Gasteiger partial charge on any atom is 0.335 e. The zero-order chi connectivity index (χ0) is 18.4. The predicted molar refractivity (Wildman–Crippen MR) is 98.8 cm³/mol. The van der Waals surface area contributed by atoms with Gasteiger partial charge in [0.05, 0.1) is 5.56 Å². The second kappa shape index (κ2) is 6.93. The van der Waals surface area contributed by atoms with E-state index in [2.05, 4.69) is 23.8 Å². The molecule has 1 aromatic rings. The molecular weight excluding hydrogens is 331 g/mol. The number of carbonyl (C=O) groups is 1. The summed E-state index contributed by atoms with van der Waals surface area (Å²) >= 11 is 0. The molecule has 0 radical (unpaired) electrons. The standard InChI is InChI=1S/C21H29FN2O2/c1-3-16-10-19-15(8-14(21(25)26)9-20(19)22)12-24(16)11-13-6-17-4-5-18(7-13)23(17)2/h8-9,13,16-18H,3-7,10-12H2,1-2H3,(H,25,26)/t13?,16-,17?,18?/m0/s1. The quantitative estimate of drug-likeness (QED) is 0.892. The van der Waals surface area contributed by atoms with Gasteiger partial charge in [-0.25, -0.2) is 9.18 Å². The lowest BCUT2D eigenvalue weighted by atomic mass is 9.86. The summed E-state index contributed by atoms with van der Waals surface area (Å²) in [6, 6.07) is 4.67. The fourth-order valence-electron chi connectivity index (χ4n) is 5.52. The number of piperidine rings is 1. The first kappa shape index (κ1) is 17.9. The first-order valence-corrected chi connectivity index (χ1v) is 9.96. The molecule has 142 valence electrons. The van der Waals surface area contributed by atoms with Gasteiger partial charge in [0.2, 0.25) is 0 Å². The molecule has 1 N–H and O–H groups in total. The number of aromatic carboxylic acids is 1. The third kappa shape index (κ3) is 3.16. The Bertz CT molecular complexity index is 693. The Labute approximate surface area is 155 Å². The van der Waals surface area contributed by atoms with E-state index in [4.69, 9.17) is 0 Å². The molecule has 4 nitrogen and oxygen atoms in total. The molecular formula is C21H29FN2O2. The molecule has 0 saturated carbocycles. The summed E-state index contributed by atoms with van der Waals surface area (Å²) in [6.45, 7) is 3.90. The Morgan fingerprint density at radius 1 is 1.27 bits per heavy atom. The van der Waals surface area contributed by atoms with E-state index in [0.717, 1.165) is 36.2 Å². The van der Waals surface area contributed by atoms with Crippen LogP contribution in [0.15, 0.2) is 12.1 Å². The molecule has 0 spiro atoms. The molecule has 0 aliphatic carbocycles. The fraction of sp³-hybridized carbons (Fsp3) is 0.667. The first-order chi connectivity index (χ1) is 12.5. The lowest BCUT2D eigenvalue weighted by Crippen LogP contribution is -2.47. The van der Waals surface area contributed by atoms with Crippen LogP contribution in [0.4, 0.5) is 4.39 Å². The van der Waals surface area contributed by atoms with E-state index in [1.807, 2.05) is 0 Å². The minimum Gasteiger partial charge on any atom is -0.478 e. The largest absolute Gasteiger partial charge is 0.478 e. The number of benzene rings is 1. The van der Waals surface area contributed by atoms with Crippen molar-refractivity contribution in [3.05, 3.63) is 34.6 Å². The molecule has 2 fully saturated rings. The van der Waals surface area contributed by atoms with E-state index < -0.39 is 5.97 Å². The highest BCUT2D eigenvalue weighted by Gasteiger charge is 2.39. The van der Waals surface area contributed by atoms with Crippen LogP contribution >= 0.6 is 0 Å². The van der Waals surface area contributed by atoms with E-state index in [-0.39, 0.29) is 11.4 Å². The van der Waals surface area contributed by atoms with Gasteiger partial charge in [0, 0.05) is 31.2 Å². The van der Waals surface area contributed by atoms with Crippen molar-refractivity contribution in [2.24, 2.45) is 5.92 Å². The van der Waals surface area contributed by atoms with Crippen molar-refractivity contribution >= 4 is 5.97 Å². The molecule has 5 heteroatoms. The van der Waals surface area contributed by atoms with Gasteiger partial charge in [-0.2, -0.15) is 0 Å². The monoisotopic (exact) mass is 360 g/mol. The van der Waals surface area contributed by atoms with Crippen molar-refractivity contribution in [2.75, 3.05) is 13.6 Å². The molecule has 2 unspecified atom stereocenters. The van der Waals surface area contributed by atoms with Crippen LogP contribution in [0.25, 0.3) is 0 Å². The molecule has 0 aromatic heterocycles. The highest BCUT2D eigenvalue weighted by Crippen LogP contribution is 2.39. The summed E-state index contributed by atoms with van der Waals surface area (Å²) in [5, 5.41) is 9.24. The SMILES string of the molecule is CC[C@H]1Cc2c(F)cc(C(=O)O)cc2CN1CC1CC2CCC(C1)N2C. The maximum atomic E-state index is 14.5. The average Bonchev–Trinajstić information content (AvgIpc) is 2.82. The van der Waals surface area contributed by atoms with Gasteiger partial charge in [0.15, 0.2) is 0 Å². The molecule has 3 atom stereocenters. The van der Waals surface area contributed by atoms with Crippen molar-refractivity contribution in [1.29, 1.82) is 0 Å². The lowest BCUT2D eigenvalue weighted by Gasteiger charge is -2.42. The Kier molecular flexibility index (Phi) is 4.78. The van der Waals surface area contributed by atoms with Gasteiger partial charge < -0.3 is 10.0 Å². The number of hydrogen-bond donors (Lipinski definition) is 1. The van der Waals surface area contributed by atoms with Crippen LogP contribution in [0.1, 0.15) is 60.5 Å². The second-order valence-corrected chi connectivity index (χ2v) is 8.48. The van der Waals surface area contributed by atoms with E-state index in [0.29, 0.717) is 24.9 Å². The zero-order valence-corrected chi connectivity index (χ0v) is 15.7. The summed E-state index contributed by atoms with van der Waals surface area (Å²) in [5.41, 5.74) is 1.65. The van der Waals surface area contributed by atoms with Gasteiger partial charge in [0.25, 0.3) is 0 Å². The van der Waals surface area contributed by atoms with Gasteiger partial charge in [0.1, 0.15) is 5.82 Å². The topological polar surface area (TPSA) is 43.8 Å². The predicted octanol–water partition coefficient (Wildman–Crippen LogP) is 3.53. The molecule has 2 saturated heterocycles. The summed E-state index contributed by atoms with van der Waals surface area (Å²) < 4.78 is 14.5. The Morgan fingerprint density at radius 3 is 2.58 bits per heavy atom. The van der Waals surface area contributed by atoms with E-state index >= 15 is 0 Å². The maximum absolute atomic E-state index is 14.5. The van der Waals surface area contributed by atoms with Gasteiger partial charge in [-0.1, -0.05) is 6.92 Å². The van der Waals surface area contributed by atoms with Crippen LogP contribution in [-0.4, -0.2) is 52.6 Å². The van der Waals surface area contributed by atoms with Crippen LogP contribution < -0.4 is 0 Å². The normalized spacial score (nSPS) is 31.8. The van der Waals surface area contributed by atoms with E-state index in [1.165, 1.54) is 31.7 Å². The van der Waals surface area contributed by atoms with Crippen molar-refractivity contribution in [1.82, 2.24) is 9.80 Å². The second-order valence-electron chi connectivity index (χ2n) is 8.48. The van der Waals surface area contributed by atoms with Crippen LogP contribution in [0.3, 0.4) is 0 Å². The van der Waals surface area contributed by atoms with Crippen molar-refractivity contribution in [3.63, 3.8) is 0 Å². The molecule has 1 aromatic carbocycles. The number of hydrogen-bond acceptors (Lipinski definition) is 3. The molecule has 3 heterocycles. The van der Waals surface area contributed by atoms with E-state index in [9.17, 15) is 14.3 Å². The lowest BCUT2D eigenvalue weighted by molar-refractivity contribution is 0.0693. The van der Waals surface area contributed by atoms with Gasteiger partial charge >= 0.3 is 5.97 Å². The minimum absolute atomic E-state index is 0.0634. The fourth-order valence-corrected chi connectivity index (χ4v) is 5.52. The molecule has 26 heavy (non-hydrogen) atoms. The van der Waals surface area contributed by atoms with Crippen molar-refractivity contribution in [2.45, 2.75) is 70.1 Å². The number of halogens is 1. The Balaban J connectivity index is 1.53. The van der Waals surface area contributed by atoms with Gasteiger partial charge in [-0.15, -0.1) is 0 Å². The van der Waals surface area contributed by atoms with Crippen LogP contribution in [0.5, 0.6) is 0 Å². The van der Waals surface area contributed by atoms with Crippen LogP contribution in [-0.2, 0) is 13.0 Å². The summed E-state index contributed by atoms with van der Waals surface area (Å²) in [6.07, 6.45) is 6.86. The Hall–Kier alpha value is -1.46. The number of carboxylic acid groups (broad SMARTS) is 1. The molecule has 2 bridgehead atoms. The molecule has 0 amide bonds. The third-order valence-corrected chi connectivity index (χ3v) is 7.02. The smallest absolute Gasteiger partial charge is 0.335 e. The van der Waals surface area contributed by atoms with E-state index in [1.54, 1.807) is 6.07 Å². The number of rotatable bonds is 4. The molecule has 4 rings (SSSR count).